The monoisotopic (exact) mass is 368 g/mol. The zero-order chi connectivity index (χ0) is 16.9. The number of amides is 1. The quantitative estimate of drug-likeness (QED) is 0.816. The number of carbonyl (C=O) groups is 2. The van der Waals surface area contributed by atoms with Crippen molar-refractivity contribution in [2.24, 2.45) is 5.92 Å². The summed E-state index contributed by atoms with van der Waals surface area (Å²) in [5.41, 5.74) is 0.711. The van der Waals surface area contributed by atoms with E-state index in [1.165, 1.54) is 0 Å². The van der Waals surface area contributed by atoms with E-state index in [-0.39, 0.29) is 36.1 Å². The molecule has 0 aromatic heterocycles. The molecule has 1 unspecified atom stereocenters. The Morgan fingerprint density at radius 2 is 1.88 bits per heavy atom. The molecule has 0 saturated carbocycles. The smallest absolute Gasteiger partial charge is 0.242 e. The van der Waals surface area contributed by atoms with Crippen molar-refractivity contribution in [1.29, 1.82) is 0 Å². The highest BCUT2D eigenvalue weighted by Gasteiger charge is 2.31. The first-order chi connectivity index (χ1) is 11.7. The van der Waals surface area contributed by atoms with Crippen molar-refractivity contribution < 1.29 is 19.1 Å². The van der Waals surface area contributed by atoms with Crippen LogP contribution < -0.4 is 10.1 Å². The molecule has 2 aliphatic rings. The van der Waals surface area contributed by atoms with Gasteiger partial charge in [0.05, 0.1) is 20.3 Å². The van der Waals surface area contributed by atoms with Crippen LogP contribution in [0.5, 0.6) is 5.75 Å². The van der Waals surface area contributed by atoms with Gasteiger partial charge in [-0.3, -0.25) is 9.59 Å². The van der Waals surface area contributed by atoms with E-state index in [4.69, 9.17) is 9.47 Å². The maximum atomic E-state index is 12.6. The van der Waals surface area contributed by atoms with Crippen molar-refractivity contribution in [2.75, 3.05) is 40.0 Å². The average Bonchev–Trinajstić information content (AvgIpc) is 2.68. The van der Waals surface area contributed by atoms with Crippen molar-refractivity contribution in [3.05, 3.63) is 29.8 Å². The number of benzene rings is 1. The van der Waals surface area contributed by atoms with Crippen LogP contribution in [0.2, 0.25) is 0 Å². The number of hydrogen-bond acceptors (Lipinski definition) is 5. The van der Waals surface area contributed by atoms with Crippen LogP contribution in [0.1, 0.15) is 23.2 Å². The Kier molecular flexibility index (Phi) is 7.23. The van der Waals surface area contributed by atoms with Gasteiger partial charge in [-0.15, -0.1) is 12.4 Å². The van der Waals surface area contributed by atoms with Crippen LogP contribution in [0, 0.1) is 5.92 Å². The van der Waals surface area contributed by atoms with Gasteiger partial charge in [0, 0.05) is 31.1 Å². The summed E-state index contributed by atoms with van der Waals surface area (Å²) in [6.07, 6.45) is 1.42. The molecule has 1 aromatic carbocycles. The second-order valence-corrected chi connectivity index (χ2v) is 6.27. The van der Waals surface area contributed by atoms with E-state index < -0.39 is 0 Å². The minimum Gasteiger partial charge on any atom is -0.497 e. The van der Waals surface area contributed by atoms with Crippen molar-refractivity contribution in [1.82, 2.24) is 10.2 Å². The number of likely N-dealkylation sites (tertiary alicyclic amines) is 1. The summed E-state index contributed by atoms with van der Waals surface area (Å²) < 4.78 is 10.5. The van der Waals surface area contributed by atoms with Gasteiger partial charge in [0.15, 0.2) is 5.78 Å². The fraction of sp³-hybridized carbons (Fsp3) is 0.556. The molecule has 1 amide bonds. The Bertz CT molecular complexity index is 579. The number of ketones is 1. The number of nitrogens with zero attached hydrogens (tertiary/aromatic N) is 1. The molecule has 6 nitrogen and oxygen atoms in total. The number of piperidine rings is 1. The molecule has 1 atom stereocenters. The Balaban J connectivity index is 0.00000225. The topological polar surface area (TPSA) is 67.9 Å². The first-order valence-electron chi connectivity index (χ1n) is 8.47. The molecular formula is C18H25ClN2O4. The van der Waals surface area contributed by atoms with E-state index in [1.54, 1.807) is 19.2 Å². The average molecular weight is 369 g/mol. The number of nitrogens with one attached hydrogen (secondary N) is 1. The summed E-state index contributed by atoms with van der Waals surface area (Å²) in [6, 6.07) is 6.98. The largest absolute Gasteiger partial charge is 0.497 e. The predicted octanol–water partition coefficient (Wildman–Crippen LogP) is 1.53. The molecule has 3 rings (SSSR count). The summed E-state index contributed by atoms with van der Waals surface area (Å²) in [5.74, 6) is 0.973. The molecule has 2 aliphatic heterocycles. The van der Waals surface area contributed by atoms with Crippen molar-refractivity contribution in [2.45, 2.75) is 18.9 Å². The summed E-state index contributed by atoms with van der Waals surface area (Å²) in [4.78, 5) is 26.9. The normalized spacial score (nSPS) is 21.3. The fourth-order valence-electron chi connectivity index (χ4n) is 3.30. The van der Waals surface area contributed by atoms with E-state index >= 15 is 0 Å². The summed E-state index contributed by atoms with van der Waals surface area (Å²) in [7, 11) is 1.61. The Morgan fingerprint density at radius 3 is 2.44 bits per heavy atom. The molecule has 2 fully saturated rings. The fourth-order valence-corrected chi connectivity index (χ4v) is 3.30. The number of carbonyl (C=O) groups excluding carboxylic acids is 2. The van der Waals surface area contributed by atoms with Gasteiger partial charge in [0.25, 0.3) is 0 Å². The highest BCUT2D eigenvalue weighted by atomic mass is 35.5. The van der Waals surface area contributed by atoms with Gasteiger partial charge in [-0.2, -0.15) is 0 Å². The van der Waals surface area contributed by atoms with Gasteiger partial charge in [0.2, 0.25) is 5.91 Å². The van der Waals surface area contributed by atoms with Crippen molar-refractivity contribution in [3.8, 4) is 5.75 Å². The minimum absolute atomic E-state index is 0. The van der Waals surface area contributed by atoms with Crippen LogP contribution in [0.4, 0.5) is 0 Å². The molecule has 138 valence electrons. The molecule has 0 aliphatic carbocycles. The zero-order valence-corrected chi connectivity index (χ0v) is 15.2. The van der Waals surface area contributed by atoms with E-state index in [0.29, 0.717) is 51.3 Å². The molecule has 0 bridgehead atoms. The summed E-state index contributed by atoms with van der Waals surface area (Å²) >= 11 is 0. The van der Waals surface area contributed by atoms with Gasteiger partial charge in [-0.25, -0.2) is 0 Å². The van der Waals surface area contributed by atoms with Crippen LogP contribution >= 0.6 is 12.4 Å². The second kappa shape index (κ2) is 9.17. The van der Waals surface area contributed by atoms with Gasteiger partial charge in [-0.05, 0) is 37.1 Å². The maximum absolute atomic E-state index is 12.6. The van der Waals surface area contributed by atoms with Crippen LogP contribution in [-0.4, -0.2) is 62.6 Å². The second-order valence-electron chi connectivity index (χ2n) is 6.27. The number of rotatable bonds is 4. The van der Waals surface area contributed by atoms with Crippen LogP contribution in [0.3, 0.4) is 0 Å². The molecule has 0 radical (unpaired) electrons. The number of halogens is 1. The van der Waals surface area contributed by atoms with Crippen molar-refractivity contribution in [3.63, 3.8) is 0 Å². The van der Waals surface area contributed by atoms with E-state index in [1.807, 2.05) is 17.0 Å². The third kappa shape index (κ3) is 4.71. The number of hydrogen-bond donors (Lipinski definition) is 1. The van der Waals surface area contributed by atoms with E-state index in [2.05, 4.69) is 5.32 Å². The SMILES string of the molecule is COc1ccc(C(=O)C2CCN(C(=O)C3COCCN3)CC2)cc1.Cl. The highest BCUT2D eigenvalue weighted by molar-refractivity contribution is 5.98. The molecule has 25 heavy (non-hydrogen) atoms. The third-order valence-electron chi connectivity index (χ3n) is 4.77. The molecule has 1 N–H and O–H groups in total. The maximum Gasteiger partial charge on any atom is 0.242 e. The van der Waals surface area contributed by atoms with Gasteiger partial charge in [0.1, 0.15) is 11.8 Å². The van der Waals surface area contributed by atoms with Gasteiger partial charge < -0.3 is 19.7 Å². The highest BCUT2D eigenvalue weighted by Crippen LogP contribution is 2.23. The first-order valence-corrected chi connectivity index (χ1v) is 8.47. The summed E-state index contributed by atoms with van der Waals surface area (Å²) in [6.45, 7) is 3.06. The van der Waals surface area contributed by atoms with Gasteiger partial charge in [-0.1, -0.05) is 0 Å². The molecule has 2 saturated heterocycles. The van der Waals surface area contributed by atoms with Crippen LogP contribution in [0.15, 0.2) is 24.3 Å². The Hall–Kier alpha value is -1.63. The molecule has 7 heteroatoms. The lowest BCUT2D eigenvalue weighted by atomic mass is 9.88. The van der Waals surface area contributed by atoms with Crippen LogP contribution in [0.25, 0.3) is 0 Å². The lowest BCUT2D eigenvalue weighted by Gasteiger charge is -2.35. The standard InChI is InChI=1S/C18H24N2O4.ClH/c1-23-15-4-2-13(3-5-15)17(21)14-6-9-20(10-7-14)18(22)16-12-24-11-8-19-16;/h2-5,14,16,19H,6-12H2,1H3;1H. The number of methoxy groups -OCH3 is 1. The summed E-state index contributed by atoms with van der Waals surface area (Å²) in [5, 5.41) is 3.19. The molecular weight excluding hydrogens is 344 g/mol. The molecule has 2 heterocycles. The predicted molar refractivity (Wildman–Crippen MR) is 96.5 cm³/mol. The Morgan fingerprint density at radius 1 is 1.20 bits per heavy atom. The van der Waals surface area contributed by atoms with Crippen LogP contribution in [-0.2, 0) is 9.53 Å². The van der Waals surface area contributed by atoms with Gasteiger partial charge >= 0.3 is 0 Å². The number of ether oxygens (including phenoxy) is 2. The lowest BCUT2D eigenvalue weighted by Crippen LogP contribution is -2.54. The minimum atomic E-state index is -0.243. The molecule has 1 aromatic rings. The molecule has 0 spiro atoms. The number of morpholine rings is 1. The lowest BCUT2D eigenvalue weighted by molar-refractivity contribution is -0.137. The van der Waals surface area contributed by atoms with E-state index in [9.17, 15) is 9.59 Å². The number of Topliss-reactive ketones (excluding diaryl/α,β-unsaturated/α-hetero) is 1. The first kappa shape index (κ1) is 19.7. The van der Waals surface area contributed by atoms with E-state index in [0.717, 1.165) is 5.75 Å². The Labute approximate surface area is 154 Å². The zero-order valence-electron chi connectivity index (χ0n) is 14.4. The van der Waals surface area contributed by atoms with Crippen molar-refractivity contribution >= 4 is 24.1 Å². The third-order valence-corrected chi connectivity index (χ3v) is 4.77.